The molecule has 1 amide bonds. The maximum Gasteiger partial charge on any atom is 0.269 e. The van der Waals surface area contributed by atoms with Gasteiger partial charge in [-0.05, 0) is 36.8 Å². The summed E-state index contributed by atoms with van der Waals surface area (Å²) in [6, 6.07) is 11.8. The van der Waals surface area contributed by atoms with Gasteiger partial charge in [-0.3, -0.25) is 19.8 Å². The summed E-state index contributed by atoms with van der Waals surface area (Å²) in [4.78, 5) is 26.2. The summed E-state index contributed by atoms with van der Waals surface area (Å²) in [5, 5.41) is 27.3. The monoisotopic (exact) mass is 477 g/mol. The largest absolute Gasteiger partial charge is 0.454 e. The van der Waals surface area contributed by atoms with Crippen LogP contribution in [0.15, 0.2) is 41.5 Å². The van der Waals surface area contributed by atoms with Crippen molar-refractivity contribution in [3.8, 4) is 17.6 Å². The normalized spacial score (nSPS) is 21.5. The number of hydrogen-bond donors (Lipinski definition) is 0. The molecule has 3 aliphatic rings. The third kappa shape index (κ3) is 4.29. The molecule has 11 nitrogen and oxygen atoms in total. The molecule has 3 heterocycles. The minimum atomic E-state index is -1.27. The minimum absolute atomic E-state index is 0.0593. The Hall–Kier alpha value is -4.01. The van der Waals surface area contributed by atoms with E-state index < -0.39 is 10.5 Å². The molecule has 0 aliphatic carbocycles. The number of nitro groups is 1. The fourth-order valence-electron chi connectivity index (χ4n) is 4.45. The molecule has 0 spiro atoms. The maximum atomic E-state index is 13.5. The Morgan fingerprint density at radius 1 is 1.20 bits per heavy atom. The van der Waals surface area contributed by atoms with Gasteiger partial charge >= 0.3 is 0 Å². The molecule has 1 unspecified atom stereocenters. The van der Waals surface area contributed by atoms with Crippen LogP contribution in [0.5, 0.6) is 11.5 Å². The molecule has 180 valence electrons. The Kier molecular flexibility index (Phi) is 5.84. The number of fused-ring (bicyclic) bond motifs is 2. The van der Waals surface area contributed by atoms with Crippen molar-refractivity contribution >= 4 is 17.3 Å². The number of nitro benzene ring substituents is 1. The molecule has 11 heteroatoms. The van der Waals surface area contributed by atoms with Crippen molar-refractivity contribution in [2.24, 2.45) is 5.10 Å². The molecule has 0 N–H and O–H groups in total. The van der Waals surface area contributed by atoms with E-state index in [0.29, 0.717) is 54.6 Å². The number of morpholine rings is 1. The van der Waals surface area contributed by atoms with Crippen LogP contribution in [0.4, 0.5) is 5.69 Å². The van der Waals surface area contributed by atoms with Gasteiger partial charge in [0.2, 0.25) is 6.79 Å². The van der Waals surface area contributed by atoms with Crippen molar-refractivity contribution in [1.29, 1.82) is 5.26 Å². The third-order valence-corrected chi connectivity index (χ3v) is 6.35. The van der Waals surface area contributed by atoms with E-state index in [4.69, 9.17) is 19.3 Å². The molecule has 0 saturated carbocycles. The number of hydrogen-bond acceptors (Lipinski definition) is 9. The summed E-state index contributed by atoms with van der Waals surface area (Å²) in [5.74, 6) is 0.772. The zero-order valence-electron chi connectivity index (χ0n) is 19.1. The van der Waals surface area contributed by atoms with Crippen molar-refractivity contribution in [3.05, 3.63) is 63.2 Å². The highest BCUT2D eigenvalue weighted by molar-refractivity contribution is 6.14. The van der Waals surface area contributed by atoms with Crippen LogP contribution in [0, 0.1) is 21.4 Å². The van der Waals surface area contributed by atoms with E-state index in [9.17, 15) is 20.2 Å². The lowest BCUT2D eigenvalue weighted by Gasteiger charge is -2.33. The number of non-ortho nitro benzene ring substituents is 1. The zero-order chi connectivity index (χ0) is 24.6. The lowest BCUT2D eigenvalue weighted by molar-refractivity contribution is -0.384. The van der Waals surface area contributed by atoms with Gasteiger partial charge in [-0.25, -0.2) is 5.01 Å². The summed E-state index contributed by atoms with van der Waals surface area (Å²) >= 11 is 0. The highest BCUT2D eigenvalue weighted by Gasteiger charge is 2.41. The summed E-state index contributed by atoms with van der Waals surface area (Å²) in [7, 11) is 0. The summed E-state index contributed by atoms with van der Waals surface area (Å²) in [5.41, 5.74) is 1.10. The molecule has 1 atom stereocenters. The first-order valence-corrected chi connectivity index (χ1v) is 11.2. The molecule has 35 heavy (non-hydrogen) atoms. The number of carbonyl (C=O) groups excluding carboxylic acids is 1. The van der Waals surface area contributed by atoms with E-state index in [1.165, 1.54) is 17.1 Å². The second kappa shape index (κ2) is 8.98. The molecule has 1 saturated heterocycles. The van der Waals surface area contributed by atoms with Gasteiger partial charge in [-0.1, -0.05) is 0 Å². The van der Waals surface area contributed by atoms with Crippen LogP contribution in [0.25, 0.3) is 0 Å². The topological polar surface area (TPSA) is 131 Å². The molecule has 1 fully saturated rings. The quantitative estimate of drug-likeness (QED) is 0.483. The Labute approximate surface area is 201 Å². The van der Waals surface area contributed by atoms with Crippen LogP contribution in [-0.2, 0) is 16.0 Å². The van der Waals surface area contributed by atoms with Gasteiger partial charge in [0.15, 0.2) is 17.0 Å². The SMILES string of the molecule is CC1(C#N)Cc2cc3c(cc2C(c2ccc([N+](=O)[O-])cc2)=NN1C(=O)CN1CCOCC1)OCO3. The van der Waals surface area contributed by atoms with Gasteiger partial charge in [-0.2, -0.15) is 10.4 Å². The number of amides is 1. The second-order valence-corrected chi connectivity index (χ2v) is 8.77. The van der Waals surface area contributed by atoms with Gasteiger partial charge in [-0.15, -0.1) is 0 Å². The third-order valence-electron chi connectivity index (χ3n) is 6.35. The van der Waals surface area contributed by atoms with E-state index in [0.717, 1.165) is 5.56 Å². The first kappa shape index (κ1) is 22.8. The van der Waals surface area contributed by atoms with E-state index in [1.807, 2.05) is 11.0 Å². The average molecular weight is 477 g/mol. The number of rotatable bonds is 4. The van der Waals surface area contributed by atoms with Gasteiger partial charge in [0.25, 0.3) is 11.6 Å². The number of nitrogens with zero attached hydrogens (tertiary/aromatic N) is 5. The Balaban J connectivity index is 1.62. The van der Waals surface area contributed by atoms with Crippen molar-refractivity contribution in [1.82, 2.24) is 9.91 Å². The molecule has 3 aliphatic heterocycles. The Morgan fingerprint density at radius 2 is 1.89 bits per heavy atom. The molecule has 2 aromatic rings. The van der Waals surface area contributed by atoms with Gasteiger partial charge < -0.3 is 14.2 Å². The zero-order valence-corrected chi connectivity index (χ0v) is 19.1. The summed E-state index contributed by atoms with van der Waals surface area (Å²) in [6.07, 6.45) is 0.213. The van der Waals surface area contributed by atoms with E-state index in [2.05, 4.69) is 6.07 Å². The van der Waals surface area contributed by atoms with Crippen LogP contribution >= 0.6 is 0 Å². The number of nitriles is 1. The number of ether oxygens (including phenoxy) is 3. The van der Waals surface area contributed by atoms with Crippen LogP contribution in [0.3, 0.4) is 0 Å². The minimum Gasteiger partial charge on any atom is -0.454 e. The van der Waals surface area contributed by atoms with Crippen LogP contribution in [0.1, 0.15) is 23.6 Å². The van der Waals surface area contributed by atoms with E-state index in [1.54, 1.807) is 25.1 Å². The van der Waals surface area contributed by atoms with Crippen LogP contribution in [-0.4, -0.2) is 71.6 Å². The van der Waals surface area contributed by atoms with Gasteiger partial charge in [0.1, 0.15) is 0 Å². The number of hydrazone groups is 1. The summed E-state index contributed by atoms with van der Waals surface area (Å²) in [6.45, 7) is 4.17. The van der Waals surface area contributed by atoms with E-state index in [-0.39, 0.29) is 31.4 Å². The Bertz CT molecular complexity index is 1250. The van der Waals surface area contributed by atoms with Crippen molar-refractivity contribution in [2.75, 3.05) is 39.6 Å². The lowest BCUT2D eigenvalue weighted by atomic mass is 9.88. The average Bonchev–Trinajstić information content (AvgIpc) is 3.27. The molecular formula is C24H23N5O6. The summed E-state index contributed by atoms with van der Waals surface area (Å²) < 4.78 is 16.5. The van der Waals surface area contributed by atoms with Gasteiger partial charge in [0.05, 0.1) is 36.5 Å². The molecule has 5 rings (SSSR count). The standard InChI is InChI=1S/C24H23N5O6/c1-24(14-25)12-17-10-20-21(35-15-34-20)11-19(17)23(16-2-4-18(5-3-16)29(31)32)26-28(24)22(30)13-27-6-8-33-9-7-27/h2-5,10-11H,6-9,12-13,15H2,1H3. The van der Waals surface area contributed by atoms with Gasteiger partial charge in [0, 0.05) is 42.8 Å². The number of benzene rings is 2. The van der Waals surface area contributed by atoms with Crippen LogP contribution < -0.4 is 9.47 Å². The predicted octanol–water partition coefficient (Wildman–Crippen LogP) is 2.08. The van der Waals surface area contributed by atoms with Crippen molar-refractivity contribution in [2.45, 2.75) is 18.9 Å². The molecular weight excluding hydrogens is 454 g/mol. The lowest BCUT2D eigenvalue weighted by Crippen LogP contribution is -2.51. The highest BCUT2D eigenvalue weighted by atomic mass is 16.7. The molecule has 0 radical (unpaired) electrons. The highest BCUT2D eigenvalue weighted by Crippen LogP contribution is 2.39. The molecule has 0 bridgehead atoms. The fraction of sp³-hybridized carbons (Fsp3) is 0.375. The fourth-order valence-corrected chi connectivity index (χ4v) is 4.45. The second-order valence-electron chi connectivity index (χ2n) is 8.77. The van der Waals surface area contributed by atoms with Crippen molar-refractivity contribution in [3.63, 3.8) is 0 Å². The maximum absolute atomic E-state index is 13.5. The predicted molar refractivity (Wildman–Crippen MR) is 123 cm³/mol. The first-order valence-electron chi connectivity index (χ1n) is 11.2. The Morgan fingerprint density at radius 3 is 2.54 bits per heavy atom. The van der Waals surface area contributed by atoms with E-state index >= 15 is 0 Å². The molecule has 2 aromatic carbocycles. The first-order chi connectivity index (χ1) is 16.9. The smallest absolute Gasteiger partial charge is 0.269 e. The molecule has 0 aromatic heterocycles. The number of carbonyl (C=O) groups is 1. The van der Waals surface area contributed by atoms with Crippen LogP contribution in [0.2, 0.25) is 0 Å². The van der Waals surface area contributed by atoms with Crippen molar-refractivity contribution < 1.29 is 23.9 Å².